The number of hydrogen-bond acceptors (Lipinski definition) is 2. The number of carbonyl (C=O) groups is 1. The molecular formula is C15H17NO2. The number of Topliss-reactive ketones (excluding diaryl/α,β-unsaturated/α-hetero) is 1. The van der Waals surface area contributed by atoms with Crippen molar-refractivity contribution >= 4 is 16.7 Å². The number of H-pyrrole nitrogens is 1. The molecule has 1 N–H and O–H groups in total. The molecule has 0 radical (unpaired) electrons. The number of rotatable bonds is 3. The lowest BCUT2D eigenvalue weighted by Gasteiger charge is -2.12. The molecule has 0 spiro atoms. The van der Waals surface area contributed by atoms with Crippen molar-refractivity contribution in [2.24, 2.45) is 0 Å². The molecule has 18 heavy (non-hydrogen) atoms. The van der Waals surface area contributed by atoms with Crippen LogP contribution in [-0.4, -0.2) is 10.8 Å². The van der Waals surface area contributed by atoms with Crippen LogP contribution in [0.15, 0.2) is 29.1 Å². The maximum absolute atomic E-state index is 11.8. The number of fused-ring (bicyclic) bond motifs is 1. The van der Waals surface area contributed by atoms with Crippen LogP contribution < -0.4 is 5.56 Å². The fraction of sp³-hybridized carbons (Fsp3) is 0.333. The Balaban J connectivity index is 2.78. The summed E-state index contributed by atoms with van der Waals surface area (Å²) < 4.78 is 0. The van der Waals surface area contributed by atoms with E-state index in [0.29, 0.717) is 6.42 Å². The molecule has 2 aromatic rings. The zero-order chi connectivity index (χ0) is 13.3. The molecule has 0 unspecified atom stereocenters. The number of aromatic amines is 1. The van der Waals surface area contributed by atoms with E-state index in [1.54, 1.807) is 6.07 Å². The lowest BCUT2D eigenvalue weighted by atomic mass is 9.95. The highest BCUT2D eigenvalue weighted by Crippen LogP contribution is 2.25. The van der Waals surface area contributed by atoms with Gasteiger partial charge in [-0.3, -0.25) is 9.59 Å². The molecule has 1 aromatic heterocycles. The smallest absolute Gasteiger partial charge is 0.248 e. The second-order valence-electron chi connectivity index (χ2n) is 4.78. The van der Waals surface area contributed by atoms with E-state index in [1.807, 2.05) is 19.1 Å². The van der Waals surface area contributed by atoms with Crippen LogP contribution in [0.3, 0.4) is 0 Å². The van der Waals surface area contributed by atoms with Gasteiger partial charge in [0.05, 0.1) is 5.52 Å². The predicted molar refractivity (Wildman–Crippen MR) is 73.3 cm³/mol. The number of aromatic nitrogens is 1. The standard InChI is InChI=1S/C15H17NO2/c1-4-13(17)11-7-10-5-6-14(18)16-15(10)12(8-11)9(2)3/h5-9H,4H2,1-3H3,(H,16,18). The number of hydrogen-bond donors (Lipinski definition) is 1. The van der Waals surface area contributed by atoms with Crippen molar-refractivity contribution in [2.75, 3.05) is 0 Å². The zero-order valence-electron chi connectivity index (χ0n) is 10.9. The quantitative estimate of drug-likeness (QED) is 0.841. The molecule has 0 atom stereocenters. The average Bonchev–Trinajstić information content (AvgIpc) is 2.36. The minimum atomic E-state index is -0.112. The van der Waals surface area contributed by atoms with Crippen molar-refractivity contribution in [3.63, 3.8) is 0 Å². The van der Waals surface area contributed by atoms with Gasteiger partial charge in [-0.05, 0) is 35.1 Å². The lowest BCUT2D eigenvalue weighted by Crippen LogP contribution is -2.07. The van der Waals surface area contributed by atoms with E-state index in [0.717, 1.165) is 22.0 Å². The van der Waals surface area contributed by atoms with Crippen LogP contribution >= 0.6 is 0 Å². The first-order chi connectivity index (χ1) is 8.52. The third kappa shape index (κ3) is 2.21. The monoisotopic (exact) mass is 243 g/mol. The van der Waals surface area contributed by atoms with Gasteiger partial charge in [-0.25, -0.2) is 0 Å². The largest absolute Gasteiger partial charge is 0.322 e. The van der Waals surface area contributed by atoms with Crippen LogP contribution in [0.5, 0.6) is 0 Å². The van der Waals surface area contributed by atoms with E-state index in [1.165, 1.54) is 6.07 Å². The summed E-state index contributed by atoms with van der Waals surface area (Å²) in [5, 5.41) is 0.914. The molecule has 0 aliphatic rings. The SMILES string of the molecule is CCC(=O)c1cc(C(C)C)c2[nH]c(=O)ccc2c1. The molecule has 0 saturated heterocycles. The van der Waals surface area contributed by atoms with Gasteiger partial charge in [0.15, 0.2) is 5.78 Å². The molecule has 3 nitrogen and oxygen atoms in total. The first-order valence-corrected chi connectivity index (χ1v) is 6.23. The minimum absolute atomic E-state index is 0.112. The second-order valence-corrected chi connectivity index (χ2v) is 4.78. The Hall–Kier alpha value is -1.90. The summed E-state index contributed by atoms with van der Waals surface area (Å²) in [5.74, 6) is 0.389. The summed E-state index contributed by atoms with van der Waals surface area (Å²) in [7, 11) is 0. The van der Waals surface area contributed by atoms with E-state index in [9.17, 15) is 9.59 Å². The van der Waals surface area contributed by atoms with Crippen molar-refractivity contribution in [2.45, 2.75) is 33.1 Å². The number of benzene rings is 1. The molecule has 0 fully saturated rings. The molecular weight excluding hydrogens is 226 g/mol. The topological polar surface area (TPSA) is 49.9 Å². The Bertz CT molecular complexity index is 653. The van der Waals surface area contributed by atoms with Crippen molar-refractivity contribution in [1.29, 1.82) is 0 Å². The molecule has 2 rings (SSSR count). The molecule has 3 heteroatoms. The summed E-state index contributed by atoms with van der Waals surface area (Å²) in [6.07, 6.45) is 0.492. The third-order valence-corrected chi connectivity index (χ3v) is 3.13. The molecule has 1 aromatic carbocycles. The van der Waals surface area contributed by atoms with Gasteiger partial charge in [0, 0.05) is 18.1 Å². The Labute approximate surface area is 106 Å². The van der Waals surface area contributed by atoms with E-state index < -0.39 is 0 Å². The number of ketones is 1. The molecule has 0 amide bonds. The van der Waals surface area contributed by atoms with Crippen LogP contribution in [0, 0.1) is 0 Å². The van der Waals surface area contributed by atoms with E-state index >= 15 is 0 Å². The molecule has 0 saturated carbocycles. The molecule has 0 aliphatic carbocycles. The zero-order valence-corrected chi connectivity index (χ0v) is 10.9. The normalized spacial score (nSPS) is 11.1. The molecule has 0 aliphatic heterocycles. The number of nitrogens with one attached hydrogen (secondary N) is 1. The van der Waals surface area contributed by atoms with Crippen LogP contribution in [-0.2, 0) is 0 Å². The van der Waals surface area contributed by atoms with Gasteiger partial charge in [-0.15, -0.1) is 0 Å². The van der Waals surface area contributed by atoms with Crippen LogP contribution in [0.4, 0.5) is 0 Å². The van der Waals surface area contributed by atoms with Crippen molar-refractivity contribution in [1.82, 2.24) is 4.98 Å². The predicted octanol–water partition coefficient (Wildman–Crippen LogP) is 3.24. The number of carbonyl (C=O) groups excluding carboxylic acids is 1. The van der Waals surface area contributed by atoms with Gasteiger partial charge in [-0.1, -0.05) is 20.8 Å². The maximum atomic E-state index is 11.8. The lowest BCUT2D eigenvalue weighted by molar-refractivity contribution is 0.0988. The fourth-order valence-electron chi connectivity index (χ4n) is 2.11. The maximum Gasteiger partial charge on any atom is 0.248 e. The average molecular weight is 243 g/mol. The van der Waals surface area contributed by atoms with Gasteiger partial charge in [0.1, 0.15) is 0 Å². The van der Waals surface area contributed by atoms with Crippen LogP contribution in [0.2, 0.25) is 0 Å². The van der Waals surface area contributed by atoms with Gasteiger partial charge in [0.25, 0.3) is 0 Å². The highest BCUT2D eigenvalue weighted by atomic mass is 16.1. The first-order valence-electron chi connectivity index (χ1n) is 6.23. The fourth-order valence-corrected chi connectivity index (χ4v) is 2.11. The van der Waals surface area contributed by atoms with Crippen molar-refractivity contribution in [3.8, 4) is 0 Å². The van der Waals surface area contributed by atoms with Crippen molar-refractivity contribution in [3.05, 3.63) is 45.7 Å². The highest BCUT2D eigenvalue weighted by Gasteiger charge is 2.11. The molecule has 1 heterocycles. The van der Waals surface area contributed by atoms with Crippen LogP contribution in [0.25, 0.3) is 10.9 Å². The van der Waals surface area contributed by atoms with E-state index in [2.05, 4.69) is 18.8 Å². The van der Waals surface area contributed by atoms with Gasteiger partial charge < -0.3 is 4.98 Å². The molecule has 94 valence electrons. The number of pyridine rings is 1. The summed E-state index contributed by atoms with van der Waals surface area (Å²) >= 11 is 0. The third-order valence-electron chi connectivity index (χ3n) is 3.13. The first kappa shape index (κ1) is 12.6. The second kappa shape index (κ2) is 4.77. The van der Waals surface area contributed by atoms with E-state index in [4.69, 9.17) is 0 Å². The summed E-state index contributed by atoms with van der Waals surface area (Å²) in [4.78, 5) is 26.1. The Kier molecular flexibility index (Phi) is 3.32. The summed E-state index contributed by atoms with van der Waals surface area (Å²) in [5.41, 5.74) is 2.46. The highest BCUT2D eigenvalue weighted by molar-refractivity contribution is 6.00. The van der Waals surface area contributed by atoms with Gasteiger partial charge in [-0.2, -0.15) is 0 Å². The Morgan fingerprint density at radius 1 is 1.28 bits per heavy atom. The van der Waals surface area contributed by atoms with Crippen LogP contribution in [0.1, 0.15) is 49.0 Å². The van der Waals surface area contributed by atoms with Gasteiger partial charge >= 0.3 is 0 Å². The van der Waals surface area contributed by atoms with Crippen molar-refractivity contribution < 1.29 is 4.79 Å². The Morgan fingerprint density at radius 2 is 2.00 bits per heavy atom. The Morgan fingerprint density at radius 3 is 2.61 bits per heavy atom. The van der Waals surface area contributed by atoms with Gasteiger partial charge in [0.2, 0.25) is 5.56 Å². The molecule has 0 bridgehead atoms. The summed E-state index contributed by atoms with van der Waals surface area (Å²) in [6, 6.07) is 7.01. The summed E-state index contributed by atoms with van der Waals surface area (Å²) in [6.45, 7) is 5.97. The van der Waals surface area contributed by atoms with E-state index in [-0.39, 0.29) is 17.3 Å². The minimum Gasteiger partial charge on any atom is -0.322 e.